The van der Waals surface area contributed by atoms with E-state index in [-0.39, 0.29) is 11.7 Å². The Hall–Kier alpha value is -0.860. The summed E-state index contributed by atoms with van der Waals surface area (Å²) in [6, 6.07) is 0. The van der Waals surface area contributed by atoms with Crippen molar-refractivity contribution in [2.45, 2.75) is 84.0 Å². The summed E-state index contributed by atoms with van der Waals surface area (Å²) < 4.78 is 12.0. The van der Waals surface area contributed by atoms with E-state index < -0.39 is 0 Å². The van der Waals surface area contributed by atoms with E-state index in [1.54, 1.807) is 0 Å². The molecule has 3 rings (SSSR count). The molecule has 2 heterocycles. The van der Waals surface area contributed by atoms with Gasteiger partial charge in [-0.2, -0.15) is 0 Å². The lowest BCUT2D eigenvalue weighted by molar-refractivity contribution is 0.150. The lowest BCUT2D eigenvalue weighted by Gasteiger charge is -2.14. The molecule has 0 spiro atoms. The van der Waals surface area contributed by atoms with E-state index >= 15 is 0 Å². The quantitative estimate of drug-likeness (QED) is 0.458. The van der Waals surface area contributed by atoms with Crippen LogP contribution in [0, 0.1) is 0 Å². The van der Waals surface area contributed by atoms with Crippen LogP contribution in [-0.2, 0) is 9.47 Å². The van der Waals surface area contributed by atoms with Gasteiger partial charge in [0, 0.05) is 0 Å². The molecule has 1 fully saturated rings. The van der Waals surface area contributed by atoms with Crippen molar-refractivity contribution in [3.05, 3.63) is 34.4 Å². The maximum Gasteiger partial charge on any atom is 0.0977 e. The fourth-order valence-corrected chi connectivity index (χ4v) is 3.77. The second kappa shape index (κ2) is 6.33. The maximum absolute atomic E-state index is 5.99. The van der Waals surface area contributed by atoms with Gasteiger partial charge in [0.05, 0.1) is 24.4 Å². The molecule has 0 N–H and O–H groups in total. The Morgan fingerprint density at radius 3 is 2.73 bits per heavy atom. The summed E-state index contributed by atoms with van der Waals surface area (Å²) in [5.74, 6) is 0. The first-order chi connectivity index (χ1) is 10.5. The van der Waals surface area contributed by atoms with Gasteiger partial charge in [-0.15, -0.1) is 0 Å². The maximum atomic E-state index is 5.99. The van der Waals surface area contributed by atoms with E-state index in [9.17, 15) is 0 Å². The summed E-state index contributed by atoms with van der Waals surface area (Å²) in [5.41, 5.74) is 6.03. The number of hydrogen-bond donors (Lipinski definition) is 0. The van der Waals surface area contributed by atoms with Crippen molar-refractivity contribution in [3.8, 4) is 0 Å². The summed E-state index contributed by atoms with van der Waals surface area (Å²) in [5, 5.41) is 0. The highest BCUT2D eigenvalue weighted by molar-refractivity contribution is 5.29. The molecule has 2 aliphatic heterocycles. The molecule has 3 unspecified atom stereocenters. The Kier molecular flexibility index (Phi) is 4.61. The molecule has 1 aliphatic carbocycles. The summed E-state index contributed by atoms with van der Waals surface area (Å²) in [6.45, 7) is 9.81. The van der Waals surface area contributed by atoms with E-state index in [1.165, 1.54) is 22.3 Å². The van der Waals surface area contributed by atoms with Gasteiger partial charge in [-0.1, -0.05) is 23.3 Å². The van der Waals surface area contributed by atoms with Gasteiger partial charge < -0.3 is 9.47 Å². The Labute approximate surface area is 135 Å². The largest absolute Gasteiger partial charge is 0.366 e. The zero-order valence-corrected chi connectivity index (χ0v) is 14.6. The minimum atomic E-state index is 0.132. The van der Waals surface area contributed by atoms with Gasteiger partial charge in [0.25, 0.3) is 0 Å². The molecule has 0 aromatic carbocycles. The fourth-order valence-electron chi connectivity index (χ4n) is 3.77. The molecular formula is C20H30O2. The SMILES string of the molecule is CC1=C2CC/C(C)=C\CCC3(C)OC3CC/C(C)=C/C2OC1. The van der Waals surface area contributed by atoms with Crippen LogP contribution >= 0.6 is 0 Å². The van der Waals surface area contributed by atoms with Gasteiger partial charge in [0.15, 0.2) is 0 Å². The van der Waals surface area contributed by atoms with E-state index in [2.05, 4.69) is 39.8 Å². The minimum absolute atomic E-state index is 0.132. The van der Waals surface area contributed by atoms with Crippen molar-refractivity contribution in [2.24, 2.45) is 0 Å². The third-order valence-corrected chi connectivity index (χ3v) is 5.57. The third-order valence-electron chi connectivity index (χ3n) is 5.57. The van der Waals surface area contributed by atoms with Gasteiger partial charge in [-0.25, -0.2) is 0 Å². The van der Waals surface area contributed by atoms with Crippen LogP contribution in [0.5, 0.6) is 0 Å². The van der Waals surface area contributed by atoms with E-state index in [4.69, 9.17) is 9.47 Å². The third kappa shape index (κ3) is 3.55. The summed E-state index contributed by atoms with van der Waals surface area (Å²) >= 11 is 0. The van der Waals surface area contributed by atoms with E-state index in [0.717, 1.165) is 45.1 Å². The molecule has 0 saturated carbocycles. The fraction of sp³-hybridized carbons (Fsp3) is 0.700. The lowest BCUT2D eigenvalue weighted by Crippen LogP contribution is -2.11. The average molecular weight is 302 g/mol. The monoisotopic (exact) mass is 302 g/mol. The van der Waals surface area contributed by atoms with E-state index in [1.807, 2.05) is 0 Å². The Balaban J connectivity index is 1.76. The van der Waals surface area contributed by atoms with Crippen LogP contribution in [0.3, 0.4) is 0 Å². The standard InChI is InChI=1S/C20H30O2/c1-14-6-5-11-20(4)19(22-20)10-8-15(2)12-18-17(9-7-14)16(3)13-21-18/h6,12,18-19H,5,7-11,13H2,1-4H3/b14-6-,15-12+. The Morgan fingerprint density at radius 2 is 1.91 bits per heavy atom. The predicted octanol–water partition coefficient (Wildman–Crippen LogP) is 5.11. The first-order valence-corrected chi connectivity index (χ1v) is 8.79. The van der Waals surface area contributed by atoms with Crippen LogP contribution in [0.15, 0.2) is 34.4 Å². The average Bonchev–Trinajstić information content (AvgIpc) is 2.98. The minimum Gasteiger partial charge on any atom is -0.366 e. The molecule has 3 aliphatic rings. The van der Waals surface area contributed by atoms with Gasteiger partial charge >= 0.3 is 0 Å². The zero-order chi connectivity index (χ0) is 15.7. The van der Waals surface area contributed by atoms with Crippen molar-refractivity contribution in [1.29, 1.82) is 0 Å². The number of rotatable bonds is 0. The molecule has 0 radical (unpaired) electrons. The highest BCUT2D eigenvalue weighted by atomic mass is 16.6. The Morgan fingerprint density at radius 1 is 1.09 bits per heavy atom. The van der Waals surface area contributed by atoms with Gasteiger partial charge in [-0.3, -0.25) is 0 Å². The second-order valence-electron chi connectivity index (χ2n) is 7.60. The van der Waals surface area contributed by atoms with Crippen LogP contribution < -0.4 is 0 Å². The van der Waals surface area contributed by atoms with Gasteiger partial charge in [-0.05, 0) is 77.4 Å². The molecule has 0 amide bonds. The van der Waals surface area contributed by atoms with Crippen molar-refractivity contribution in [3.63, 3.8) is 0 Å². The molecule has 122 valence electrons. The summed E-state index contributed by atoms with van der Waals surface area (Å²) in [7, 11) is 0. The first-order valence-electron chi connectivity index (χ1n) is 8.79. The van der Waals surface area contributed by atoms with Crippen LogP contribution in [0.2, 0.25) is 0 Å². The number of hydrogen-bond acceptors (Lipinski definition) is 2. The van der Waals surface area contributed by atoms with Gasteiger partial charge in [0.2, 0.25) is 0 Å². The zero-order valence-electron chi connectivity index (χ0n) is 14.6. The highest BCUT2D eigenvalue weighted by Gasteiger charge is 2.50. The van der Waals surface area contributed by atoms with Crippen LogP contribution in [0.1, 0.15) is 66.2 Å². The lowest BCUT2D eigenvalue weighted by atomic mass is 9.93. The normalized spacial score (nSPS) is 41.6. The number of ether oxygens (including phenoxy) is 2. The molecule has 22 heavy (non-hydrogen) atoms. The number of fused-ring (bicyclic) bond motifs is 2. The van der Waals surface area contributed by atoms with Crippen LogP contribution in [0.4, 0.5) is 0 Å². The topological polar surface area (TPSA) is 21.8 Å². The predicted molar refractivity (Wildman–Crippen MR) is 90.9 cm³/mol. The molecular weight excluding hydrogens is 272 g/mol. The molecule has 3 atom stereocenters. The van der Waals surface area contributed by atoms with Crippen molar-refractivity contribution in [2.75, 3.05) is 6.61 Å². The smallest absolute Gasteiger partial charge is 0.0977 e. The molecule has 0 aromatic rings. The summed E-state index contributed by atoms with van der Waals surface area (Å²) in [4.78, 5) is 0. The van der Waals surface area contributed by atoms with Crippen LogP contribution in [0.25, 0.3) is 0 Å². The first kappa shape index (κ1) is 16.0. The number of epoxide rings is 1. The number of allylic oxidation sites excluding steroid dienone is 3. The van der Waals surface area contributed by atoms with Gasteiger partial charge in [0.1, 0.15) is 0 Å². The van der Waals surface area contributed by atoms with Crippen molar-refractivity contribution in [1.82, 2.24) is 0 Å². The molecule has 2 heteroatoms. The molecule has 1 saturated heterocycles. The second-order valence-corrected chi connectivity index (χ2v) is 7.60. The molecule has 0 bridgehead atoms. The van der Waals surface area contributed by atoms with Crippen molar-refractivity contribution < 1.29 is 9.47 Å². The molecule has 0 aromatic heterocycles. The van der Waals surface area contributed by atoms with E-state index in [0.29, 0.717) is 6.10 Å². The van der Waals surface area contributed by atoms with Crippen molar-refractivity contribution >= 4 is 0 Å². The molecule has 2 nitrogen and oxygen atoms in total. The Bertz CT molecular complexity index is 526. The van der Waals surface area contributed by atoms with Crippen LogP contribution in [-0.4, -0.2) is 24.4 Å². The highest BCUT2D eigenvalue weighted by Crippen LogP contribution is 2.43. The summed E-state index contributed by atoms with van der Waals surface area (Å²) in [6.07, 6.45) is 12.3.